The minimum absolute atomic E-state index is 0.0431. The molecular formula is C33H35F3N6O5S. The van der Waals surface area contributed by atoms with Crippen LogP contribution in [0.1, 0.15) is 49.3 Å². The zero-order valence-corrected chi connectivity index (χ0v) is 27.6. The van der Waals surface area contributed by atoms with Crippen LogP contribution in [-0.4, -0.2) is 85.9 Å². The van der Waals surface area contributed by atoms with Gasteiger partial charge in [0.1, 0.15) is 11.8 Å². The van der Waals surface area contributed by atoms with E-state index in [-0.39, 0.29) is 29.4 Å². The highest BCUT2D eigenvalue weighted by molar-refractivity contribution is 7.91. The molecule has 1 N–H and O–H groups in total. The van der Waals surface area contributed by atoms with Gasteiger partial charge in [-0.25, -0.2) is 8.42 Å². The molecular weight excluding hydrogens is 649 g/mol. The molecule has 3 aromatic rings. The number of halogens is 3. The zero-order valence-electron chi connectivity index (χ0n) is 26.8. The zero-order chi connectivity index (χ0) is 35.1. The van der Waals surface area contributed by atoms with Crippen molar-refractivity contribution in [2.75, 3.05) is 35.4 Å². The van der Waals surface area contributed by atoms with Gasteiger partial charge in [0.15, 0.2) is 9.84 Å². The summed E-state index contributed by atoms with van der Waals surface area (Å²) in [6, 6.07) is 9.21. The number of para-hydroxylation sites is 1. The van der Waals surface area contributed by atoms with Crippen LogP contribution in [0.15, 0.2) is 48.7 Å². The van der Waals surface area contributed by atoms with Crippen LogP contribution in [0.25, 0.3) is 10.9 Å². The monoisotopic (exact) mass is 684 g/mol. The number of amides is 3. The van der Waals surface area contributed by atoms with Crippen LogP contribution in [0, 0.1) is 11.3 Å². The van der Waals surface area contributed by atoms with Gasteiger partial charge in [0.2, 0.25) is 5.91 Å². The second-order valence-electron chi connectivity index (χ2n) is 12.4. The molecule has 0 saturated heterocycles. The Morgan fingerprint density at radius 1 is 1.17 bits per heavy atom. The Morgan fingerprint density at radius 2 is 1.85 bits per heavy atom. The van der Waals surface area contributed by atoms with Crippen molar-refractivity contribution in [3.63, 3.8) is 0 Å². The minimum atomic E-state index is -5.38. The molecule has 2 aromatic carbocycles. The molecule has 0 bridgehead atoms. The number of aromatic nitrogens is 1. The normalized spacial score (nSPS) is 19.0. The Kier molecular flexibility index (Phi) is 9.53. The summed E-state index contributed by atoms with van der Waals surface area (Å²) in [4.78, 5) is 49.1. The molecule has 0 radical (unpaired) electrons. The Bertz CT molecular complexity index is 1920. The average molecular weight is 685 g/mol. The number of likely N-dealkylation sites (N-methyl/N-ethyl adjacent to an activating group) is 1. The van der Waals surface area contributed by atoms with Gasteiger partial charge >= 0.3 is 12.1 Å². The van der Waals surface area contributed by atoms with Crippen molar-refractivity contribution >= 4 is 49.8 Å². The highest BCUT2D eigenvalue weighted by Gasteiger charge is 2.52. The van der Waals surface area contributed by atoms with Crippen LogP contribution >= 0.6 is 0 Å². The van der Waals surface area contributed by atoms with Crippen LogP contribution in [0.3, 0.4) is 0 Å². The van der Waals surface area contributed by atoms with E-state index >= 15 is 0 Å². The van der Waals surface area contributed by atoms with Gasteiger partial charge in [0.05, 0.1) is 41.1 Å². The largest absolute Gasteiger partial charge is 0.471 e. The highest BCUT2D eigenvalue weighted by Crippen LogP contribution is 2.45. The molecule has 254 valence electrons. The third kappa shape index (κ3) is 7.00. The van der Waals surface area contributed by atoms with Crippen LogP contribution in [0.4, 0.5) is 24.5 Å². The third-order valence-corrected chi connectivity index (χ3v) is 9.52. The van der Waals surface area contributed by atoms with Crippen LogP contribution < -0.4 is 15.1 Å². The lowest BCUT2D eigenvalue weighted by molar-refractivity contribution is -0.189. The van der Waals surface area contributed by atoms with Gasteiger partial charge < -0.3 is 20.0 Å². The average Bonchev–Trinajstić information content (AvgIpc) is 3.87. The van der Waals surface area contributed by atoms with Crippen molar-refractivity contribution < 1.29 is 36.0 Å². The molecule has 1 aliphatic heterocycles. The van der Waals surface area contributed by atoms with Gasteiger partial charge in [-0.15, -0.1) is 0 Å². The summed E-state index contributed by atoms with van der Waals surface area (Å²) < 4.78 is 67.4. The van der Waals surface area contributed by atoms with Crippen molar-refractivity contribution in [2.24, 2.45) is 0 Å². The lowest BCUT2D eigenvalue weighted by atomic mass is 9.98. The number of rotatable bonds is 9. The number of nitrogens with one attached hydrogen (secondary N) is 1. The van der Waals surface area contributed by atoms with E-state index in [4.69, 9.17) is 0 Å². The summed E-state index contributed by atoms with van der Waals surface area (Å²) in [6.45, 7) is 2.10. The molecule has 48 heavy (non-hydrogen) atoms. The summed E-state index contributed by atoms with van der Waals surface area (Å²) >= 11 is 0. The number of anilines is 2. The SMILES string of the molecule is CN[C@@H](C)CN(C(=O)C(F)(F)F)[C@@H]1C(=O)N(Cc2c(C3CC3)cnc3ccccc23)c2ccc(C#N)cc2N(C(=O)CS(C)(=O)=O)[C@H]1C. The first-order chi connectivity index (χ1) is 22.6. The number of sulfone groups is 1. The van der Waals surface area contributed by atoms with Crippen LogP contribution in [0.2, 0.25) is 0 Å². The molecule has 11 nitrogen and oxygen atoms in total. The standard InChI is InChI=1S/C33H35F3N6O5S/c1-19(38-3)16-41(32(45)33(34,35)36)30-20(2)42(29(43)18-48(4,46)47)28-13-21(14-37)9-12-27(28)40(31(30)44)17-25-23-7-5-6-8-26(23)39-15-24(25)22-10-11-22/h5-9,12-13,15,19-20,22,30,38H,10-11,16-18H2,1-4H3/t19-,20-,30-/m0/s1. The van der Waals surface area contributed by atoms with E-state index in [9.17, 15) is 41.2 Å². The van der Waals surface area contributed by atoms with Crippen LogP contribution in [0.5, 0.6) is 0 Å². The fraction of sp³-hybridized carbons (Fsp3) is 0.424. The molecule has 2 aliphatic rings. The minimum Gasteiger partial charge on any atom is -0.319 e. The number of benzene rings is 2. The Labute approximate surface area is 276 Å². The van der Waals surface area contributed by atoms with E-state index in [2.05, 4.69) is 10.3 Å². The van der Waals surface area contributed by atoms with Crippen molar-refractivity contribution in [1.82, 2.24) is 15.2 Å². The smallest absolute Gasteiger partial charge is 0.319 e. The van der Waals surface area contributed by atoms with E-state index in [0.717, 1.165) is 34.9 Å². The molecule has 2 heterocycles. The molecule has 1 saturated carbocycles. The topological polar surface area (TPSA) is 144 Å². The number of fused-ring (bicyclic) bond motifs is 2. The summed E-state index contributed by atoms with van der Waals surface area (Å²) in [5, 5.41) is 13.3. The molecule has 0 unspecified atom stereocenters. The van der Waals surface area contributed by atoms with Crippen molar-refractivity contribution in [3.8, 4) is 6.07 Å². The summed E-state index contributed by atoms with van der Waals surface area (Å²) in [7, 11) is -2.48. The van der Waals surface area contributed by atoms with E-state index in [0.29, 0.717) is 16.0 Å². The molecule has 0 spiro atoms. The van der Waals surface area contributed by atoms with E-state index in [1.54, 1.807) is 24.4 Å². The summed E-state index contributed by atoms with van der Waals surface area (Å²) in [6.07, 6.45) is -1.06. The molecule has 1 aliphatic carbocycles. The van der Waals surface area contributed by atoms with Gasteiger partial charge in [-0.1, -0.05) is 18.2 Å². The maximum absolute atomic E-state index is 14.9. The maximum Gasteiger partial charge on any atom is 0.471 e. The number of hydrogen-bond donors (Lipinski definition) is 1. The fourth-order valence-corrected chi connectivity index (χ4v) is 6.83. The number of nitriles is 1. The second kappa shape index (κ2) is 13.2. The third-order valence-electron chi connectivity index (χ3n) is 8.75. The molecule has 1 aromatic heterocycles. The second-order valence-corrected chi connectivity index (χ2v) is 14.5. The number of hydrogen-bond acceptors (Lipinski definition) is 8. The Hall–Kier alpha value is -4.55. The fourth-order valence-electron chi connectivity index (χ4n) is 6.24. The highest BCUT2D eigenvalue weighted by atomic mass is 32.2. The first kappa shape index (κ1) is 34.8. The number of alkyl halides is 3. The van der Waals surface area contributed by atoms with Crippen molar-refractivity contribution in [3.05, 3.63) is 65.4 Å². The number of pyridine rings is 1. The van der Waals surface area contributed by atoms with E-state index in [1.165, 1.54) is 44.0 Å². The van der Waals surface area contributed by atoms with Gasteiger partial charge in [0.25, 0.3) is 5.91 Å². The van der Waals surface area contributed by atoms with Gasteiger partial charge in [-0.05, 0) is 75.0 Å². The number of nitrogens with zero attached hydrogens (tertiary/aromatic N) is 5. The van der Waals surface area contributed by atoms with E-state index in [1.807, 2.05) is 12.1 Å². The first-order valence-corrected chi connectivity index (χ1v) is 17.4. The van der Waals surface area contributed by atoms with Gasteiger partial charge in [0, 0.05) is 30.4 Å². The van der Waals surface area contributed by atoms with Crippen LogP contribution in [-0.2, 0) is 30.8 Å². The first-order valence-electron chi connectivity index (χ1n) is 15.3. The molecule has 5 rings (SSSR count). The lowest BCUT2D eigenvalue weighted by Gasteiger charge is -2.39. The maximum atomic E-state index is 14.9. The molecule has 3 amide bonds. The Balaban J connectivity index is 1.79. The predicted octanol–water partition coefficient (Wildman–Crippen LogP) is 3.66. The van der Waals surface area contributed by atoms with Crippen molar-refractivity contribution in [1.29, 1.82) is 5.26 Å². The quantitative estimate of drug-likeness (QED) is 0.360. The summed E-state index contributed by atoms with van der Waals surface area (Å²) in [5.41, 5.74) is 2.28. The van der Waals surface area contributed by atoms with Gasteiger partial charge in [-0.2, -0.15) is 18.4 Å². The van der Waals surface area contributed by atoms with E-state index < -0.39 is 64.2 Å². The number of carbonyl (C=O) groups is 3. The molecule has 3 atom stereocenters. The Morgan fingerprint density at radius 3 is 2.46 bits per heavy atom. The molecule has 15 heteroatoms. The molecule has 1 fully saturated rings. The summed E-state index contributed by atoms with van der Waals surface area (Å²) in [5.74, 6) is -5.11. The predicted molar refractivity (Wildman–Crippen MR) is 173 cm³/mol. The number of carbonyl (C=O) groups excluding carboxylic acids is 3. The lowest BCUT2D eigenvalue weighted by Crippen LogP contribution is -2.63. The van der Waals surface area contributed by atoms with Crippen molar-refractivity contribution in [2.45, 2.75) is 63.5 Å². The van der Waals surface area contributed by atoms with Gasteiger partial charge in [-0.3, -0.25) is 19.4 Å².